The quantitative estimate of drug-likeness (QED) is 0.690. The highest BCUT2D eigenvalue weighted by atomic mass is 35.5. The van der Waals surface area contributed by atoms with E-state index in [-0.39, 0.29) is 43.9 Å². The molecule has 32 heavy (non-hydrogen) atoms. The summed E-state index contributed by atoms with van der Waals surface area (Å²) in [7, 11) is 1.47. The first-order valence-corrected chi connectivity index (χ1v) is 10.4. The first-order chi connectivity index (χ1) is 15.2. The molecule has 0 atom stereocenters. The van der Waals surface area contributed by atoms with Crippen LogP contribution < -0.4 is 14.8 Å². The van der Waals surface area contributed by atoms with E-state index in [1.54, 1.807) is 12.1 Å². The van der Waals surface area contributed by atoms with Crippen molar-refractivity contribution in [2.45, 2.75) is 43.5 Å². The van der Waals surface area contributed by atoms with Crippen LogP contribution in [0.25, 0.3) is 10.9 Å². The summed E-state index contributed by atoms with van der Waals surface area (Å²) >= 11 is 6.14. The topological polar surface area (TPSA) is 93.7 Å². The minimum Gasteiger partial charge on any atom is -0.493 e. The molecule has 1 saturated carbocycles. The smallest absolute Gasteiger partial charge is 0.471 e. The Balaban J connectivity index is 1.55. The van der Waals surface area contributed by atoms with Gasteiger partial charge in [-0.15, -0.1) is 0 Å². The number of hydrogen-bond donors (Lipinski definition) is 1. The molecule has 0 unspecified atom stereocenters. The van der Waals surface area contributed by atoms with Crippen LogP contribution in [-0.4, -0.2) is 64.7 Å². The second-order valence-corrected chi connectivity index (χ2v) is 8.10. The lowest BCUT2D eigenvalue weighted by molar-refractivity contribution is -0.196. The summed E-state index contributed by atoms with van der Waals surface area (Å²) in [4.78, 5) is 33.4. The van der Waals surface area contributed by atoms with E-state index < -0.39 is 29.6 Å². The number of nitrogens with zero attached hydrogens (tertiary/aromatic N) is 3. The molecule has 1 saturated heterocycles. The van der Waals surface area contributed by atoms with Crippen LogP contribution in [-0.2, 0) is 9.59 Å². The average molecular weight is 473 g/mol. The molecule has 1 spiro atoms. The molecular weight excluding hydrogens is 453 g/mol. The summed E-state index contributed by atoms with van der Waals surface area (Å²) in [5, 5.41) is 3.40. The first-order valence-electron chi connectivity index (χ1n) is 9.98. The van der Waals surface area contributed by atoms with Crippen molar-refractivity contribution >= 4 is 34.3 Å². The van der Waals surface area contributed by atoms with Gasteiger partial charge in [-0.05, 0) is 31.7 Å². The van der Waals surface area contributed by atoms with Crippen LogP contribution in [0.1, 0.15) is 25.7 Å². The lowest BCUT2D eigenvalue weighted by Crippen LogP contribution is -2.69. The fourth-order valence-corrected chi connectivity index (χ4v) is 4.57. The van der Waals surface area contributed by atoms with Gasteiger partial charge in [0.15, 0.2) is 11.5 Å². The Kier molecular flexibility index (Phi) is 5.78. The molecule has 2 aromatic rings. The molecule has 1 aliphatic carbocycles. The van der Waals surface area contributed by atoms with E-state index in [0.717, 1.165) is 0 Å². The Labute approximate surface area is 186 Å². The summed E-state index contributed by atoms with van der Waals surface area (Å²) in [5.41, 5.74) is -0.966. The van der Waals surface area contributed by atoms with Gasteiger partial charge < -0.3 is 19.7 Å². The predicted octanol–water partition coefficient (Wildman–Crippen LogP) is 2.87. The molecule has 172 valence electrons. The summed E-state index contributed by atoms with van der Waals surface area (Å²) in [6.07, 6.45) is -3.47. The summed E-state index contributed by atoms with van der Waals surface area (Å²) in [5.74, 6) is -1.75. The minimum atomic E-state index is -5.04. The lowest BCUT2D eigenvalue weighted by atomic mass is 9.77. The van der Waals surface area contributed by atoms with Crippen LogP contribution in [0.4, 0.5) is 13.2 Å². The minimum absolute atomic E-state index is 0.0144. The summed E-state index contributed by atoms with van der Waals surface area (Å²) < 4.78 is 50.8. The van der Waals surface area contributed by atoms with E-state index in [4.69, 9.17) is 21.1 Å². The largest absolute Gasteiger partial charge is 0.493 e. The van der Waals surface area contributed by atoms with E-state index in [9.17, 15) is 22.8 Å². The maximum Gasteiger partial charge on any atom is 0.471 e. The first kappa shape index (κ1) is 22.4. The number of piperazine rings is 1. The number of nitrogens with one attached hydrogen (secondary N) is 1. The normalized spacial score (nSPS) is 23.8. The van der Waals surface area contributed by atoms with Gasteiger partial charge in [0, 0.05) is 24.5 Å². The van der Waals surface area contributed by atoms with Gasteiger partial charge in [-0.3, -0.25) is 9.59 Å². The molecule has 1 aromatic carbocycles. The second-order valence-electron chi connectivity index (χ2n) is 7.74. The molecule has 1 N–H and O–H groups in total. The van der Waals surface area contributed by atoms with Gasteiger partial charge in [0.1, 0.15) is 17.0 Å². The average Bonchev–Trinajstić information content (AvgIpc) is 2.76. The monoisotopic (exact) mass is 472 g/mol. The Morgan fingerprint density at radius 1 is 1.25 bits per heavy atom. The van der Waals surface area contributed by atoms with Crippen molar-refractivity contribution in [1.29, 1.82) is 0 Å². The van der Waals surface area contributed by atoms with E-state index in [2.05, 4.69) is 15.3 Å². The number of amides is 2. The highest BCUT2D eigenvalue weighted by Crippen LogP contribution is 2.41. The zero-order valence-corrected chi connectivity index (χ0v) is 17.8. The second kappa shape index (κ2) is 8.27. The van der Waals surface area contributed by atoms with Crippen molar-refractivity contribution in [2.75, 3.05) is 20.2 Å². The third-order valence-corrected chi connectivity index (χ3v) is 6.27. The predicted molar refractivity (Wildman–Crippen MR) is 107 cm³/mol. The fourth-order valence-electron chi connectivity index (χ4n) is 4.38. The van der Waals surface area contributed by atoms with Crippen LogP contribution in [0.3, 0.4) is 0 Å². The number of rotatable bonds is 3. The fraction of sp³-hybridized carbons (Fsp3) is 0.500. The van der Waals surface area contributed by atoms with Crippen LogP contribution >= 0.6 is 11.6 Å². The Hall–Kier alpha value is -2.82. The summed E-state index contributed by atoms with van der Waals surface area (Å²) in [6, 6.07) is 3.30. The SMILES string of the molecule is COc1cc2ncnc(Cl)c2cc1OC1CCC2(CC1)C(=O)NCCN2C(=O)C(F)(F)F. The number of alkyl halides is 3. The zero-order chi connectivity index (χ0) is 23.1. The maximum absolute atomic E-state index is 13.1. The molecule has 12 heteroatoms. The number of hydrogen-bond acceptors (Lipinski definition) is 6. The number of benzene rings is 1. The van der Waals surface area contributed by atoms with Gasteiger partial charge in [-0.2, -0.15) is 13.2 Å². The van der Waals surface area contributed by atoms with Gasteiger partial charge in [0.25, 0.3) is 0 Å². The number of carbonyl (C=O) groups is 2. The zero-order valence-electron chi connectivity index (χ0n) is 17.0. The molecule has 2 fully saturated rings. The van der Waals surface area contributed by atoms with E-state index >= 15 is 0 Å². The van der Waals surface area contributed by atoms with E-state index in [1.165, 1.54) is 13.4 Å². The molecule has 4 rings (SSSR count). The number of fused-ring (bicyclic) bond motifs is 1. The van der Waals surface area contributed by atoms with Crippen molar-refractivity contribution < 1.29 is 32.2 Å². The Bertz CT molecular complexity index is 1060. The number of ether oxygens (including phenoxy) is 2. The third-order valence-electron chi connectivity index (χ3n) is 5.97. The maximum atomic E-state index is 13.1. The van der Waals surface area contributed by atoms with Crippen molar-refractivity contribution in [3.8, 4) is 11.5 Å². The van der Waals surface area contributed by atoms with Gasteiger partial charge in [0.2, 0.25) is 5.91 Å². The number of aromatic nitrogens is 2. The van der Waals surface area contributed by atoms with Crippen LogP contribution in [0.15, 0.2) is 18.5 Å². The standard InChI is InChI=1S/C20H20ClF3N4O4/c1-31-14-9-13-12(16(21)27-10-26-13)8-15(14)32-11-2-4-19(5-3-11)17(29)25-6-7-28(19)18(30)20(22,23)24/h8-11H,2-7H2,1H3,(H,25,29). The number of halogens is 4. The highest BCUT2D eigenvalue weighted by Gasteiger charge is 2.56. The highest BCUT2D eigenvalue weighted by molar-refractivity contribution is 6.34. The van der Waals surface area contributed by atoms with Gasteiger partial charge in [-0.25, -0.2) is 9.97 Å². The molecule has 1 aliphatic heterocycles. The number of methoxy groups -OCH3 is 1. The molecule has 0 bridgehead atoms. The van der Waals surface area contributed by atoms with Crippen LogP contribution in [0, 0.1) is 0 Å². The molecule has 0 radical (unpaired) electrons. The van der Waals surface area contributed by atoms with Crippen molar-refractivity contribution in [1.82, 2.24) is 20.2 Å². The van der Waals surface area contributed by atoms with E-state index in [1.807, 2.05) is 0 Å². The number of carbonyl (C=O) groups excluding carboxylic acids is 2. The van der Waals surface area contributed by atoms with Crippen molar-refractivity contribution in [3.63, 3.8) is 0 Å². The lowest BCUT2D eigenvalue weighted by Gasteiger charge is -2.49. The summed E-state index contributed by atoms with van der Waals surface area (Å²) in [6.45, 7) is -0.202. The molecule has 2 amide bonds. The van der Waals surface area contributed by atoms with Crippen LogP contribution in [0.5, 0.6) is 11.5 Å². The van der Waals surface area contributed by atoms with Gasteiger partial charge in [-0.1, -0.05) is 11.6 Å². The van der Waals surface area contributed by atoms with Gasteiger partial charge in [0.05, 0.1) is 18.7 Å². The molecular formula is C20H20ClF3N4O4. The van der Waals surface area contributed by atoms with E-state index in [0.29, 0.717) is 27.3 Å². The van der Waals surface area contributed by atoms with Crippen molar-refractivity contribution in [3.05, 3.63) is 23.6 Å². The molecule has 8 nitrogen and oxygen atoms in total. The van der Waals surface area contributed by atoms with Crippen LogP contribution in [0.2, 0.25) is 5.15 Å². The third kappa shape index (κ3) is 3.89. The van der Waals surface area contributed by atoms with Crippen molar-refractivity contribution in [2.24, 2.45) is 0 Å². The molecule has 1 aromatic heterocycles. The molecule has 2 aliphatic rings. The Morgan fingerprint density at radius 2 is 1.97 bits per heavy atom. The van der Waals surface area contributed by atoms with Gasteiger partial charge >= 0.3 is 12.1 Å². The Morgan fingerprint density at radius 3 is 2.62 bits per heavy atom. The molecule has 2 heterocycles.